The van der Waals surface area contributed by atoms with Crippen LogP contribution in [0.25, 0.3) is 0 Å². The Bertz CT molecular complexity index is 307. The van der Waals surface area contributed by atoms with Gasteiger partial charge in [-0.3, -0.25) is 0 Å². The van der Waals surface area contributed by atoms with Crippen molar-refractivity contribution >= 4 is 0 Å². The van der Waals surface area contributed by atoms with E-state index in [9.17, 15) is 0 Å². The smallest absolute Gasteiger partial charge is 0.0133 e. The van der Waals surface area contributed by atoms with Gasteiger partial charge in [0.2, 0.25) is 0 Å². The van der Waals surface area contributed by atoms with E-state index in [1.807, 2.05) is 6.08 Å². The van der Waals surface area contributed by atoms with Crippen molar-refractivity contribution in [2.45, 2.75) is 53.9 Å². The molecule has 0 radical (unpaired) electrons. The van der Waals surface area contributed by atoms with E-state index in [4.69, 9.17) is 0 Å². The Hall–Kier alpha value is -1.04. The van der Waals surface area contributed by atoms with E-state index < -0.39 is 0 Å². The predicted octanol–water partition coefficient (Wildman–Crippen LogP) is 5.59. The van der Waals surface area contributed by atoms with Crippen LogP contribution in [0.15, 0.2) is 47.1 Å². The van der Waals surface area contributed by atoms with Gasteiger partial charge in [-0.25, -0.2) is 0 Å². The lowest BCUT2D eigenvalue weighted by atomic mass is 10.0. The number of rotatable bonds is 6. The highest BCUT2D eigenvalue weighted by Crippen LogP contribution is 2.13. The van der Waals surface area contributed by atoms with Crippen molar-refractivity contribution in [2.75, 3.05) is 0 Å². The molecule has 0 heterocycles. The van der Waals surface area contributed by atoms with Crippen LogP contribution < -0.4 is 0 Å². The molecule has 0 nitrogen and oxygen atoms in total. The first-order valence-corrected chi connectivity index (χ1v) is 6.05. The van der Waals surface area contributed by atoms with E-state index in [-0.39, 0.29) is 0 Å². The fraction of sp³-hybridized carbons (Fsp3) is 0.500. The van der Waals surface area contributed by atoms with E-state index in [0.717, 1.165) is 12.8 Å². The predicted molar refractivity (Wildman–Crippen MR) is 75.6 cm³/mol. The molecule has 0 fully saturated rings. The lowest BCUT2D eigenvalue weighted by Gasteiger charge is -2.02. The molecule has 90 valence electrons. The van der Waals surface area contributed by atoms with E-state index in [1.165, 1.54) is 28.7 Å². The van der Waals surface area contributed by atoms with Crippen molar-refractivity contribution < 1.29 is 0 Å². The first-order chi connectivity index (χ1) is 7.47. The van der Waals surface area contributed by atoms with E-state index in [1.54, 1.807) is 0 Å². The summed E-state index contributed by atoms with van der Waals surface area (Å²) in [4.78, 5) is 0. The van der Waals surface area contributed by atoms with Gasteiger partial charge in [0.15, 0.2) is 0 Å². The number of allylic oxidation sites excluding steroid dienone is 7. The summed E-state index contributed by atoms with van der Waals surface area (Å²) in [5, 5.41) is 0. The summed E-state index contributed by atoms with van der Waals surface area (Å²) >= 11 is 0. The second-order valence-corrected chi connectivity index (χ2v) is 4.74. The minimum atomic E-state index is 1.05. The second-order valence-electron chi connectivity index (χ2n) is 4.74. The first kappa shape index (κ1) is 15.0. The molecule has 0 amide bonds. The van der Waals surface area contributed by atoms with Crippen molar-refractivity contribution in [2.24, 2.45) is 0 Å². The Morgan fingerprint density at radius 3 is 2.12 bits per heavy atom. The van der Waals surface area contributed by atoms with Crippen molar-refractivity contribution in [1.82, 2.24) is 0 Å². The monoisotopic (exact) mass is 218 g/mol. The van der Waals surface area contributed by atoms with Crippen LogP contribution in [-0.2, 0) is 0 Å². The molecule has 0 aromatic heterocycles. The molecule has 0 rings (SSSR count). The molecule has 0 saturated heterocycles. The minimum Gasteiger partial charge on any atom is -0.0988 e. The van der Waals surface area contributed by atoms with Crippen LogP contribution in [0, 0.1) is 0 Å². The summed E-state index contributed by atoms with van der Waals surface area (Å²) in [7, 11) is 0. The zero-order chi connectivity index (χ0) is 12.6. The van der Waals surface area contributed by atoms with Crippen LogP contribution in [0.3, 0.4) is 0 Å². The second kappa shape index (κ2) is 8.15. The van der Waals surface area contributed by atoms with Crippen LogP contribution in [0.1, 0.15) is 53.9 Å². The van der Waals surface area contributed by atoms with Gasteiger partial charge in [0.25, 0.3) is 0 Å². The highest BCUT2D eigenvalue weighted by atomic mass is 14.0. The number of hydrogen-bond acceptors (Lipinski definition) is 0. The fourth-order valence-electron chi connectivity index (χ4n) is 1.35. The van der Waals surface area contributed by atoms with Crippen molar-refractivity contribution in [3.05, 3.63) is 47.1 Å². The molecule has 0 atom stereocenters. The van der Waals surface area contributed by atoms with Crippen LogP contribution in [0.5, 0.6) is 0 Å². The Balaban J connectivity index is 4.15. The molecule has 0 saturated carbocycles. The molecule has 0 unspecified atom stereocenters. The molecule has 0 aromatic rings. The molecule has 0 aliphatic rings. The van der Waals surface area contributed by atoms with Gasteiger partial charge in [0.05, 0.1) is 0 Å². The molecule has 0 spiro atoms. The number of hydrogen-bond donors (Lipinski definition) is 0. The maximum atomic E-state index is 3.79. The summed E-state index contributed by atoms with van der Waals surface area (Å²) in [6, 6.07) is 0. The van der Waals surface area contributed by atoms with Crippen molar-refractivity contribution in [1.29, 1.82) is 0 Å². The summed E-state index contributed by atoms with van der Waals surface area (Å²) in [5.74, 6) is 0. The third-order valence-electron chi connectivity index (χ3n) is 2.83. The topological polar surface area (TPSA) is 0 Å². The van der Waals surface area contributed by atoms with Gasteiger partial charge >= 0.3 is 0 Å². The molecule has 0 aromatic carbocycles. The maximum Gasteiger partial charge on any atom is -0.0133 e. The third kappa shape index (κ3) is 7.28. The first-order valence-electron chi connectivity index (χ1n) is 6.05. The van der Waals surface area contributed by atoms with Gasteiger partial charge in [0.1, 0.15) is 0 Å². The quantitative estimate of drug-likeness (QED) is 0.402. The molecule has 0 aliphatic carbocycles. The zero-order valence-electron chi connectivity index (χ0n) is 11.6. The molecule has 16 heavy (non-hydrogen) atoms. The molecule has 0 N–H and O–H groups in total. The summed E-state index contributed by atoms with van der Waals surface area (Å²) in [6.07, 6.45) is 9.95. The largest absolute Gasteiger partial charge is 0.0988 e. The Morgan fingerprint density at radius 2 is 1.62 bits per heavy atom. The van der Waals surface area contributed by atoms with Gasteiger partial charge in [-0.05, 0) is 53.9 Å². The molecule has 0 aliphatic heterocycles. The van der Waals surface area contributed by atoms with Gasteiger partial charge in [-0.2, -0.15) is 0 Å². The van der Waals surface area contributed by atoms with E-state index >= 15 is 0 Å². The highest BCUT2D eigenvalue weighted by Gasteiger charge is 1.93. The lowest BCUT2D eigenvalue weighted by molar-refractivity contribution is 0.953. The van der Waals surface area contributed by atoms with Crippen LogP contribution in [0.2, 0.25) is 0 Å². The van der Waals surface area contributed by atoms with Gasteiger partial charge in [0, 0.05) is 0 Å². The molecular weight excluding hydrogens is 192 g/mol. The summed E-state index contributed by atoms with van der Waals surface area (Å²) in [6.45, 7) is 14.6. The van der Waals surface area contributed by atoms with E-state index in [0.29, 0.717) is 0 Å². The van der Waals surface area contributed by atoms with E-state index in [2.05, 4.69) is 53.3 Å². The normalized spacial score (nSPS) is 13.2. The third-order valence-corrected chi connectivity index (χ3v) is 2.83. The van der Waals surface area contributed by atoms with Gasteiger partial charge in [-0.15, -0.1) is 0 Å². The standard InChI is InChI=1S/C16H26/c1-7-15(5)16(6)12-11-14(4)10-8-9-13(2)3/h7,9,11H,1,8,10,12H2,2-6H3/b14-11+,16-15+. The van der Waals surface area contributed by atoms with Crippen LogP contribution >= 0.6 is 0 Å². The SMILES string of the molecule is C=C/C(C)=C(\C)C/C=C(\C)CCC=C(C)C. The molecule has 0 heteroatoms. The lowest BCUT2D eigenvalue weighted by Crippen LogP contribution is -1.82. The van der Waals surface area contributed by atoms with Gasteiger partial charge < -0.3 is 0 Å². The Kier molecular flexibility index (Phi) is 7.62. The highest BCUT2D eigenvalue weighted by molar-refractivity contribution is 5.23. The fourth-order valence-corrected chi connectivity index (χ4v) is 1.35. The van der Waals surface area contributed by atoms with Crippen molar-refractivity contribution in [3.8, 4) is 0 Å². The molecular formula is C16H26. The maximum absolute atomic E-state index is 3.79. The molecule has 0 bridgehead atoms. The zero-order valence-corrected chi connectivity index (χ0v) is 11.6. The summed E-state index contributed by atoms with van der Waals surface area (Å²) in [5.41, 5.74) is 5.60. The van der Waals surface area contributed by atoms with Gasteiger partial charge in [-0.1, -0.05) is 47.1 Å². The average molecular weight is 218 g/mol. The van der Waals surface area contributed by atoms with Crippen molar-refractivity contribution in [3.63, 3.8) is 0 Å². The summed E-state index contributed by atoms with van der Waals surface area (Å²) < 4.78 is 0. The minimum absolute atomic E-state index is 1.05. The van der Waals surface area contributed by atoms with Crippen LogP contribution in [0.4, 0.5) is 0 Å². The Morgan fingerprint density at radius 1 is 1.00 bits per heavy atom. The Labute approximate surface area is 101 Å². The average Bonchev–Trinajstić information content (AvgIpc) is 2.24. The van der Waals surface area contributed by atoms with Crippen LogP contribution in [-0.4, -0.2) is 0 Å².